The van der Waals surface area contributed by atoms with E-state index in [0.717, 1.165) is 25.7 Å². The fourth-order valence-electron chi connectivity index (χ4n) is 3.21. The normalized spacial score (nSPS) is 29.6. The quantitative estimate of drug-likeness (QED) is 0.641. The molecule has 1 aromatic rings. The highest BCUT2D eigenvalue weighted by Crippen LogP contribution is 2.43. The third kappa shape index (κ3) is 3.71. The van der Waals surface area contributed by atoms with Crippen LogP contribution in [0.2, 0.25) is 0 Å². The van der Waals surface area contributed by atoms with E-state index in [4.69, 9.17) is 10.5 Å². The van der Waals surface area contributed by atoms with Crippen LogP contribution in [0.25, 0.3) is 0 Å². The number of ether oxygens (including phenoxy) is 1. The van der Waals surface area contributed by atoms with Gasteiger partial charge in [0.2, 0.25) is 0 Å². The number of sulfonamides is 1. The first-order valence-electron chi connectivity index (χ1n) is 8.82. The van der Waals surface area contributed by atoms with Gasteiger partial charge in [0.1, 0.15) is 11.3 Å². The first-order chi connectivity index (χ1) is 12.4. The molecule has 0 spiro atoms. The van der Waals surface area contributed by atoms with Gasteiger partial charge in [0, 0.05) is 12.5 Å². The van der Waals surface area contributed by atoms with Gasteiger partial charge in [-0.2, -0.15) is 0 Å². The fraction of sp³-hybridized carbons (Fsp3) is 0.500. The van der Waals surface area contributed by atoms with Crippen molar-refractivity contribution in [1.82, 2.24) is 4.72 Å². The summed E-state index contributed by atoms with van der Waals surface area (Å²) in [6, 6.07) is 4.93. The lowest BCUT2D eigenvalue weighted by Crippen LogP contribution is -2.46. The van der Waals surface area contributed by atoms with Gasteiger partial charge in [0.15, 0.2) is 4.90 Å². The van der Waals surface area contributed by atoms with Gasteiger partial charge in [0.05, 0.1) is 12.8 Å². The van der Waals surface area contributed by atoms with Crippen LogP contribution in [0.3, 0.4) is 0 Å². The van der Waals surface area contributed by atoms with Crippen LogP contribution in [0.5, 0.6) is 5.75 Å². The lowest BCUT2D eigenvalue weighted by Gasteiger charge is -2.17. The number of allylic oxidation sites excluding steroid dienone is 1. The Balaban J connectivity index is 1.97. The highest BCUT2D eigenvalue weighted by molar-refractivity contribution is 7.90. The number of fused-ring (bicyclic) bond motifs is 2. The highest BCUT2D eigenvalue weighted by Gasteiger charge is 2.56. The van der Waals surface area contributed by atoms with E-state index in [0.29, 0.717) is 18.7 Å². The zero-order valence-electron chi connectivity index (χ0n) is 14.8. The van der Waals surface area contributed by atoms with E-state index in [9.17, 15) is 13.2 Å². The van der Waals surface area contributed by atoms with E-state index in [-0.39, 0.29) is 16.6 Å². The maximum Gasteiger partial charge on any atom is 0.269 e. The molecule has 0 aromatic heterocycles. The third-order valence-corrected chi connectivity index (χ3v) is 6.32. The van der Waals surface area contributed by atoms with Gasteiger partial charge < -0.3 is 15.8 Å². The molecule has 8 heteroatoms. The van der Waals surface area contributed by atoms with Crippen LogP contribution >= 0.6 is 0 Å². The number of anilines is 1. The predicted molar refractivity (Wildman–Crippen MR) is 99.4 cm³/mol. The first kappa shape index (κ1) is 18.7. The van der Waals surface area contributed by atoms with E-state index in [1.165, 1.54) is 7.11 Å². The van der Waals surface area contributed by atoms with Crippen molar-refractivity contribution in [2.75, 3.05) is 19.0 Å². The molecular formula is C18H25N3O4S. The SMILES string of the molecule is COc1cccc2c1S(=O)(=O)NC(=O)[C@@]1(N)C[C@@H]1/C=C\CCCCCN2. The van der Waals surface area contributed by atoms with E-state index < -0.39 is 21.5 Å². The molecule has 1 aliphatic heterocycles. The Labute approximate surface area is 154 Å². The molecule has 0 saturated heterocycles. The fourth-order valence-corrected chi connectivity index (χ4v) is 4.60. The van der Waals surface area contributed by atoms with E-state index >= 15 is 0 Å². The van der Waals surface area contributed by atoms with Gasteiger partial charge in [-0.15, -0.1) is 0 Å². The molecule has 0 radical (unpaired) electrons. The van der Waals surface area contributed by atoms with Crippen LogP contribution in [0, 0.1) is 5.92 Å². The number of carbonyl (C=O) groups is 1. The Bertz CT molecular complexity index is 822. The van der Waals surface area contributed by atoms with Crippen molar-refractivity contribution in [3.63, 3.8) is 0 Å². The Kier molecular flexibility index (Phi) is 5.24. The number of hydrogen-bond acceptors (Lipinski definition) is 6. The molecule has 1 aliphatic carbocycles. The average molecular weight is 379 g/mol. The molecule has 0 unspecified atom stereocenters. The Morgan fingerprint density at radius 1 is 1.27 bits per heavy atom. The van der Waals surface area contributed by atoms with Gasteiger partial charge in [-0.1, -0.05) is 24.6 Å². The van der Waals surface area contributed by atoms with Crippen LogP contribution in [0.1, 0.15) is 32.1 Å². The lowest BCUT2D eigenvalue weighted by molar-refractivity contribution is -0.121. The first-order valence-corrected chi connectivity index (χ1v) is 10.3. The van der Waals surface area contributed by atoms with Crippen molar-refractivity contribution in [3.05, 3.63) is 30.4 Å². The smallest absolute Gasteiger partial charge is 0.269 e. The van der Waals surface area contributed by atoms with Gasteiger partial charge in [-0.3, -0.25) is 4.79 Å². The standard InChI is InChI=1S/C18H25N3O4S/c1-25-15-10-7-9-14-16(15)26(23,24)21-17(22)18(19)12-13(18)8-5-3-2-4-6-11-20-14/h5,7-10,13,20H,2-4,6,11-12,19H2,1H3,(H,21,22)/b8-5-/t13-,18+/m0/s1. The van der Waals surface area contributed by atoms with E-state index in [2.05, 4.69) is 10.0 Å². The van der Waals surface area contributed by atoms with Crippen LogP contribution in [-0.2, 0) is 14.8 Å². The monoisotopic (exact) mass is 379 g/mol. The molecule has 7 nitrogen and oxygen atoms in total. The maximum absolute atomic E-state index is 12.9. The second-order valence-electron chi connectivity index (χ2n) is 6.83. The predicted octanol–water partition coefficient (Wildman–Crippen LogP) is 1.76. The van der Waals surface area contributed by atoms with E-state index in [1.807, 2.05) is 12.2 Å². The Hall–Kier alpha value is -2.06. The number of hydrogen-bond donors (Lipinski definition) is 3. The summed E-state index contributed by atoms with van der Waals surface area (Å²) < 4.78 is 33.2. The minimum atomic E-state index is -4.13. The zero-order chi connectivity index (χ0) is 18.8. The van der Waals surface area contributed by atoms with Crippen molar-refractivity contribution in [2.24, 2.45) is 11.7 Å². The second-order valence-corrected chi connectivity index (χ2v) is 8.45. The summed E-state index contributed by atoms with van der Waals surface area (Å²) in [5.74, 6) is -0.630. The van der Waals surface area contributed by atoms with Crippen molar-refractivity contribution >= 4 is 21.6 Å². The summed E-state index contributed by atoms with van der Waals surface area (Å²) >= 11 is 0. The van der Waals surface area contributed by atoms with Crippen molar-refractivity contribution in [1.29, 1.82) is 0 Å². The highest BCUT2D eigenvalue weighted by atomic mass is 32.2. The molecule has 2 aliphatic rings. The number of carbonyl (C=O) groups excluding carboxylic acids is 1. The van der Waals surface area contributed by atoms with Crippen LogP contribution < -0.4 is 20.5 Å². The number of amides is 1. The Morgan fingerprint density at radius 3 is 2.85 bits per heavy atom. The van der Waals surface area contributed by atoms with Gasteiger partial charge in [-0.25, -0.2) is 13.1 Å². The van der Waals surface area contributed by atoms with Crippen molar-refractivity contribution in [2.45, 2.75) is 42.5 Å². The molecule has 1 aromatic carbocycles. The molecule has 1 heterocycles. The minimum Gasteiger partial charge on any atom is -0.495 e. The summed E-state index contributed by atoms with van der Waals surface area (Å²) in [6.45, 7) is 0.636. The molecule has 0 bridgehead atoms. The van der Waals surface area contributed by atoms with E-state index in [1.54, 1.807) is 18.2 Å². The molecule has 4 N–H and O–H groups in total. The average Bonchev–Trinajstić information content (AvgIpc) is 3.27. The van der Waals surface area contributed by atoms with Gasteiger partial charge in [-0.05, 0) is 37.8 Å². The van der Waals surface area contributed by atoms with Crippen LogP contribution in [-0.4, -0.2) is 33.5 Å². The van der Waals surface area contributed by atoms with Crippen LogP contribution in [0.4, 0.5) is 5.69 Å². The maximum atomic E-state index is 12.9. The topological polar surface area (TPSA) is 111 Å². The summed E-state index contributed by atoms with van der Waals surface area (Å²) in [7, 11) is -2.73. The zero-order valence-corrected chi connectivity index (χ0v) is 15.6. The van der Waals surface area contributed by atoms with Gasteiger partial charge in [0.25, 0.3) is 15.9 Å². The largest absolute Gasteiger partial charge is 0.495 e. The molecule has 1 amide bonds. The lowest BCUT2D eigenvalue weighted by atomic mass is 10.1. The number of nitrogens with one attached hydrogen (secondary N) is 2. The number of benzene rings is 1. The van der Waals surface area contributed by atoms with Crippen LogP contribution in [0.15, 0.2) is 35.2 Å². The third-order valence-electron chi connectivity index (χ3n) is 4.91. The van der Waals surface area contributed by atoms with Crippen molar-refractivity contribution < 1.29 is 17.9 Å². The summed E-state index contributed by atoms with van der Waals surface area (Å²) in [6.07, 6.45) is 8.32. The summed E-state index contributed by atoms with van der Waals surface area (Å²) in [4.78, 5) is 12.5. The van der Waals surface area contributed by atoms with Crippen molar-refractivity contribution in [3.8, 4) is 5.75 Å². The Morgan fingerprint density at radius 2 is 2.08 bits per heavy atom. The molecule has 1 fully saturated rings. The molecule has 26 heavy (non-hydrogen) atoms. The summed E-state index contributed by atoms with van der Waals surface area (Å²) in [5, 5.41) is 3.15. The molecule has 142 valence electrons. The summed E-state index contributed by atoms with van der Waals surface area (Å²) in [5.41, 5.74) is 5.36. The number of methoxy groups -OCH3 is 1. The number of rotatable bonds is 1. The minimum absolute atomic E-state index is 0.0675. The number of nitrogens with two attached hydrogens (primary N) is 1. The van der Waals surface area contributed by atoms with Gasteiger partial charge >= 0.3 is 0 Å². The second kappa shape index (κ2) is 7.28. The molecule has 1 saturated carbocycles. The molecular weight excluding hydrogens is 354 g/mol. The molecule has 3 rings (SSSR count). The molecule has 2 atom stereocenters.